The minimum absolute atomic E-state index is 0.0264. The van der Waals surface area contributed by atoms with Crippen LogP contribution in [0.4, 0.5) is 5.82 Å². The van der Waals surface area contributed by atoms with E-state index in [1.54, 1.807) is 16.8 Å². The first-order valence-electron chi connectivity index (χ1n) is 11.5. The van der Waals surface area contributed by atoms with Crippen molar-refractivity contribution in [3.05, 3.63) is 52.6 Å². The SMILES string of the molecule is C=CC(=O)N1CC(N(C)C(=O)c2c(C)nc(CNc3n[nH]c4cc(Cl)c(C(C)(C)C)cc34)n2C)C1. The van der Waals surface area contributed by atoms with Crippen LogP contribution in [0.15, 0.2) is 24.8 Å². The largest absolute Gasteiger partial charge is 0.361 e. The maximum absolute atomic E-state index is 13.2. The molecular formula is C25H32ClN7O2. The van der Waals surface area contributed by atoms with Gasteiger partial charge in [0.25, 0.3) is 5.91 Å². The van der Waals surface area contributed by atoms with Crippen LogP contribution in [-0.4, -0.2) is 67.5 Å². The second-order valence-corrected chi connectivity index (χ2v) is 10.5. The summed E-state index contributed by atoms with van der Waals surface area (Å²) in [6.45, 7) is 13.1. The van der Waals surface area contributed by atoms with E-state index in [9.17, 15) is 9.59 Å². The number of benzene rings is 1. The molecule has 1 aromatic carbocycles. The van der Waals surface area contributed by atoms with E-state index in [2.05, 4.69) is 53.9 Å². The number of aromatic nitrogens is 4. The number of imidazole rings is 1. The highest BCUT2D eigenvalue weighted by molar-refractivity contribution is 6.32. The monoisotopic (exact) mass is 497 g/mol. The molecular weight excluding hydrogens is 466 g/mol. The van der Waals surface area contributed by atoms with Gasteiger partial charge in [-0.2, -0.15) is 5.10 Å². The molecule has 35 heavy (non-hydrogen) atoms. The van der Waals surface area contributed by atoms with Gasteiger partial charge >= 0.3 is 0 Å². The summed E-state index contributed by atoms with van der Waals surface area (Å²) in [4.78, 5) is 33.0. The highest BCUT2D eigenvalue weighted by Gasteiger charge is 2.36. The molecule has 1 saturated heterocycles. The van der Waals surface area contributed by atoms with Gasteiger partial charge in [0.2, 0.25) is 5.91 Å². The van der Waals surface area contributed by atoms with Crippen LogP contribution >= 0.6 is 11.6 Å². The first-order valence-corrected chi connectivity index (χ1v) is 11.9. The molecule has 1 aliphatic rings. The molecule has 2 amide bonds. The third-order valence-corrected chi connectivity index (χ3v) is 6.97. The summed E-state index contributed by atoms with van der Waals surface area (Å²) in [5, 5.41) is 12.5. The predicted molar refractivity (Wildman–Crippen MR) is 138 cm³/mol. The number of rotatable bonds is 6. The number of nitrogens with one attached hydrogen (secondary N) is 2. The number of halogens is 1. The van der Waals surface area contributed by atoms with Crippen LogP contribution in [0.3, 0.4) is 0 Å². The standard InChI is InChI=1S/C25H32ClN7O2/c1-8-21(34)33-12-15(13-33)31(6)24(35)22-14(2)28-20(32(22)7)11-27-23-16-9-17(25(3,4)5)18(26)10-19(16)29-30-23/h8-10,15H,1,11-13H2,2-7H3,(H2,27,29,30). The van der Waals surface area contributed by atoms with Crippen LogP contribution in [0.25, 0.3) is 10.9 Å². The van der Waals surface area contributed by atoms with Crippen molar-refractivity contribution in [3.63, 3.8) is 0 Å². The molecule has 186 valence electrons. The number of aromatic amines is 1. The highest BCUT2D eigenvalue weighted by Crippen LogP contribution is 2.34. The Balaban J connectivity index is 1.50. The first-order chi connectivity index (χ1) is 16.4. The van der Waals surface area contributed by atoms with E-state index in [1.807, 2.05) is 24.6 Å². The smallest absolute Gasteiger partial charge is 0.272 e. The highest BCUT2D eigenvalue weighted by atomic mass is 35.5. The Morgan fingerprint density at radius 1 is 1.34 bits per heavy atom. The van der Waals surface area contributed by atoms with Gasteiger partial charge in [-0.25, -0.2) is 4.98 Å². The molecule has 3 heterocycles. The van der Waals surface area contributed by atoms with Crippen LogP contribution in [0.2, 0.25) is 5.02 Å². The summed E-state index contributed by atoms with van der Waals surface area (Å²) >= 11 is 6.49. The Morgan fingerprint density at radius 3 is 2.66 bits per heavy atom. The number of carbonyl (C=O) groups is 2. The Bertz CT molecular complexity index is 1310. The molecule has 0 atom stereocenters. The summed E-state index contributed by atoms with van der Waals surface area (Å²) < 4.78 is 1.82. The van der Waals surface area contributed by atoms with Gasteiger partial charge in [0, 0.05) is 37.6 Å². The number of hydrogen-bond acceptors (Lipinski definition) is 5. The Hall–Kier alpha value is -3.33. The second kappa shape index (κ2) is 9.03. The van der Waals surface area contributed by atoms with Crippen molar-refractivity contribution in [1.82, 2.24) is 29.5 Å². The van der Waals surface area contributed by atoms with E-state index < -0.39 is 0 Å². The molecule has 3 aromatic rings. The Labute approximate surface area is 210 Å². The number of nitrogens with zero attached hydrogens (tertiary/aromatic N) is 5. The Morgan fingerprint density at radius 2 is 2.03 bits per heavy atom. The molecule has 9 nitrogen and oxygen atoms in total. The average molecular weight is 498 g/mol. The van der Waals surface area contributed by atoms with Crippen LogP contribution in [0.1, 0.15) is 48.3 Å². The van der Waals surface area contributed by atoms with Crippen molar-refractivity contribution in [2.45, 2.75) is 45.7 Å². The fourth-order valence-corrected chi connectivity index (χ4v) is 4.85. The number of anilines is 1. The normalized spacial score (nSPS) is 14.2. The van der Waals surface area contributed by atoms with E-state index in [4.69, 9.17) is 11.6 Å². The number of amides is 2. The van der Waals surface area contributed by atoms with Crippen LogP contribution in [0.5, 0.6) is 0 Å². The van der Waals surface area contributed by atoms with E-state index in [1.165, 1.54) is 6.08 Å². The fourth-order valence-electron chi connectivity index (χ4n) is 4.40. The molecule has 0 aliphatic carbocycles. The average Bonchev–Trinajstić information content (AvgIpc) is 3.27. The molecule has 0 saturated carbocycles. The van der Waals surface area contributed by atoms with Gasteiger partial charge < -0.3 is 19.7 Å². The van der Waals surface area contributed by atoms with E-state index in [0.29, 0.717) is 41.9 Å². The summed E-state index contributed by atoms with van der Waals surface area (Å²) in [5.74, 6) is 1.19. The summed E-state index contributed by atoms with van der Waals surface area (Å²) in [7, 11) is 3.60. The van der Waals surface area contributed by atoms with Gasteiger partial charge in [0.15, 0.2) is 5.82 Å². The van der Waals surface area contributed by atoms with Gasteiger partial charge in [-0.3, -0.25) is 14.7 Å². The molecule has 2 N–H and O–H groups in total. The molecule has 0 unspecified atom stereocenters. The van der Waals surface area contributed by atoms with Gasteiger partial charge in [-0.1, -0.05) is 39.0 Å². The first kappa shape index (κ1) is 24.8. The topological polar surface area (TPSA) is 99.2 Å². The van der Waals surface area contributed by atoms with Crippen molar-refractivity contribution in [1.29, 1.82) is 0 Å². The van der Waals surface area contributed by atoms with Gasteiger partial charge in [0.05, 0.1) is 23.8 Å². The zero-order chi connectivity index (χ0) is 25.7. The number of aryl methyl sites for hydroxylation is 1. The van der Waals surface area contributed by atoms with Gasteiger partial charge in [-0.15, -0.1) is 0 Å². The van der Waals surface area contributed by atoms with Crippen LogP contribution < -0.4 is 5.32 Å². The van der Waals surface area contributed by atoms with Crippen molar-refractivity contribution in [2.24, 2.45) is 7.05 Å². The molecule has 1 fully saturated rings. The van der Waals surface area contributed by atoms with E-state index >= 15 is 0 Å². The van der Waals surface area contributed by atoms with E-state index in [0.717, 1.165) is 22.3 Å². The second-order valence-electron chi connectivity index (χ2n) is 10.1. The molecule has 1 aliphatic heterocycles. The molecule has 0 bridgehead atoms. The number of likely N-dealkylation sites (tertiary alicyclic amines) is 1. The van der Waals surface area contributed by atoms with Gasteiger partial charge in [0.1, 0.15) is 11.5 Å². The molecule has 10 heteroatoms. The minimum atomic E-state index is -0.117. The number of fused-ring (bicyclic) bond motifs is 1. The Kier molecular flexibility index (Phi) is 6.40. The summed E-state index contributed by atoms with van der Waals surface area (Å²) in [6, 6.07) is 3.94. The summed E-state index contributed by atoms with van der Waals surface area (Å²) in [5.41, 5.74) is 2.99. The minimum Gasteiger partial charge on any atom is -0.361 e. The van der Waals surface area contributed by atoms with E-state index in [-0.39, 0.29) is 23.3 Å². The maximum atomic E-state index is 13.2. The quantitative estimate of drug-likeness (QED) is 0.506. The molecule has 4 rings (SSSR count). The summed E-state index contributed by atoms with van der Waals surface area (Å²) in [6.07, 6.45) is 1.30. The lowest BCUT2D eigenvalue weighted by molar-refractivity contribution is -0.132. The number of carbonyl (C=O) groups excluding carboxylic acids is 2. The van der Waals surface area contributed by atoms with Crippen molar-refractivity contribution < 1.29 is 9.59 Å². The zero-order valence-electron chi connectivity index (χ0n) is 21.1. The van der Waals surface area contributed by atoms with Crippen molar-refractivity contribution in [3.8, 4) is 0 Å². The number of likely N-dealkylation sites (N-methyl/N-ethyl adjacent to an activating group) is 1. The van der Waals surface area contributed by atoms with Crippen molar-refractivity contribution in [2.75, 3.05) is 25.5 Å². The van der Waals surface area contributed by atoms with Gasteiger partial charge in [-0.05, 0) is 36.1 Å². The molecule has 0 spiro atoms. The lowest BCUT2D eigenvalue weighted by Crippen LogP contribution is -2.61. The molecule has 2 aromatic heterocycles. The van der Waals surface area contributed by atoms with Crippen molar-refractivity contribution >= 4 is 40.1 Å². The third-order valence-electron chi connectivity index (χ3n) is 6.65. The number of hydrogen-bond donors (Lipinski definition) is 2. The molecule has 0 radical (unpaired) electrons. The predicted octanol–water partition coefficient (Wildman–Crippen LogP) is 3.64. The van der Waals surface area contributed by atoms with Crippen LogP contribution in [0, 0.1) is 6.92 Å². The fraction of sp³-hybridized carbons (Fsp3) is 0.440. The van der Waals surface area contributed by atoms with Crippen LogP contribution in [-0.2, 0) is 23.8 Å². The zero-order valence-corrected chi connectivity index (χ0v) is 21.8. The lowest BCUT2D eigenvalue weighted by Gasteiger charge is -2.43. The number of H-pyrrole nitrogens is 1. The third kappa shape index (κ3) is 4.52. The maximum Gasteiger partial charge on any atom is 0.272 e. The lowest BCUT2D eigenvalue weighted by atomic mass is 9.86.